The van der Waals surface area contributed by atoms with Gasteiger partial charge in [-0.05, 0) is 35.1 Å². The molecule has 0 heterocycles. The van der Waals surface area contributed by atoms with E-state index in [-0.39, 0.29) is 19.6 Å². The fourth-order valence-electron chi connectivity index (χ4n) is 5.04. The molecule has 0 N–H and O–H groups in total. The third-order valence-electron chi connectivity index (χ3n) is 7.19. The Kier molecular flexibility index (Phi) is 12.7. The molecule has 44 heavy (non-hydrogen) atoms. The Morgan fingerprint density at radius 3 is 1.45 bits per heavy atom. The summed E-state index contributed by atoms with van der Waals surface area (Å²) in [7, 11) is 0. The van der Waals surface area contributed by atoms with Crippen LogP contribution in [0.4, 0.5) is 0 Å². The third-order valence-corrected chi connectivity index (χ3v) is 7.19. The lowest BCUT2D eigenvalue weighted by molar-refractivity contribution is -0.217. The van der Waals surface area contributed by atoms with Crippen molar-refractivity contribution in [2.45, 2.75) is 57.6 Å². The number of rotatable bonds is 18. The van der Waals surface area contributed by atoms with Crippen LogP contribution < -0.4 is 0 Å². The van der Waals surface area contributed by atoms with E-state index in [4.69, 9.17) is 14.4 Å². The van der Waals surface area contributed by atoms with Gasteiger partial charge >= 0.3 is 5.97 Å². The average molecular weight is 595 g/mol. The number of benzene rings is 4. The first kappa shape index (κ1) is 32.1. The van der Waals surface area contributed by atoms with Crippen LogP contribution in [-0.4, -0.2) is 47.1 Å². The number of hydrogen-bond acceptors (Lipinski definition) is 6. The van der Waals surface area contributed by atoms with Crippen molar-refractivity contribution in [1.82, 2.24) is 10.1 Å². The van der Waals surface area contributed by atoms with Crippen molar-refractivity contribution >= 4 is 18.8 Å². The van der Waals surface area contributed by atoms with Crippen LogP contribution in [-0.2, 0) is 54.9 Å². The van der Waals surface area contributed by atoms with E-state index in [0.29, 0.717) is 25.7 Å². The number of hydroxylamine groups is 4. The van der Waals surface area contributed by atoms with Crippen molar-refractivity contribution in [3.8, 4) is 0 Å². The molecule has 0 saturated carbocycles. The molecule has 0 aromatic heterocycles. The van der Waals surface area contributed by atoms with Crippen molar-refractivity contribution in [3.05, 3.63) is 144 Å². The highest BCUT2D eigenvalue weighted by molar-refractivity contribution is 5.66. The summed E-state index contributed by atoms with van der Waals surface area (Å²) < 4.78 is 5.93. The molecule has 2 amide bonds. The molecule has 0 aliphatic heterocycles. The first-order valence-corrected chi connectivity index (χ1v) is 14.6. The van der Waals surface area contributed by atoms with E-state index in [1.54, 1.807) is 0 Å². The van der Waals surface area contributed by atoms with Crippen molar-refractivity contribution in [2.24, 2.45) is 0 Å². The van der Waals surface area contributed by atoms with Gasteiger partial charge < -0.3 is 4.74 Å². The fourth-order valence-corrected chi connectivity index (χ4v) is 5.04. The molecule has 3 atom stereocenters. The van der Waals surface area contributed by atoms with Crippen LogP contribution in [0.3, 0.4) is 0 Å². The van der Waals surface area contributed by atoms with Gasteiger partial charge in [0.1, 0.15) is 25.4 Å². The zero-order valence-electron chi connectivity index (χ0n) is 24.8. The molecular formula is C36H38N2O6. The molecule has 8 nitrogen and oxygen atoms in total. The van der Waals surface area contributed by atoms with Gasteiger partial charge in [-0.1, -0.05) is 121 Å². The third kappa shape index (κ3) is 10.2. The number of ether oxygens (including phenoxy) is 1. The second-order valence-corrected chi connectivity index (χ2v) is 10.4. The van der Waals surface area contributed by atoms with Gasteiger partial charge in [-0.3, -0.25) is 24.1 Å². The highest BCUT2D eigenvalue weighted by atomic mass is 16.7. The van der Waals surface area contributed by atoms with Crippen molar-refractivity contribution < 1.29 is 28.8 Å². The van der Waals surface area contributed by atoms with Gasteiger partial charge in [-0.15, -0.1) is 0 Å². The van der Waals surface area contributed by atoms with E-state index in [0.717, 1.165) is 22.3 Å². The average Bonchev–Trinajstić information content (AvgIpc) is 3.06. The van der Waals surface area contributed by atoms with Crippen LogP contribution in [0.2, 0.25) is 0 Å². The second-order valence-electron chi connectivity index (χ2n) is 10.4. The van der Waals surface area contributed by atoms with E-state index in [1.807, 2.05) is 121 Å². The quantitative estimate of drug-likeness (QED) is 0.0834. The zero-order chi connectivity index (χ0) is 31.0. The summed E-state index contributed by atoms with van der Waals surface area (Å²) in [5.41, 5.74) is 3.68. The van der Waals surface area contributed by atoms with E-state index in [1.165, 1.54) is 17.1 Å². The summed E-state index contributed by atoms with van der Waals surface area (Å²) in [6.45, 7) is 1.65. The number of nitrogens with zero attached hydrogens (tertiary/aromatic N) is 2. The largest absolute Gasteiger partial charge is 0.460 e. The lowest BCUT2D eigenvalue weighted by atomic mass is 9.93. The smallest absolute Gasteiger partial charge is 0.302 e. The maximum absolute atomic E-state index is 12.5. The lowest BCUT2D eigenvalue weighted by Crippen LogP contribution is -2.49. The van der Waals surface area contributed by atoms with Gasteiger partial charge in [-0.2, -0.15) is 0 Å². The predicted molar refractivity (Wildman–Crippen MR) is 166 cm³/mol. The molecule has 0 aliphatic carbocycles. The second kappa shape index (κ2) is 17.4. The van der Waals surface area contributed by atoms with Crippen molar-refractivity contribution in [3.63, 3.8) is 0 Å². The number of esters is 1. The SMILES string of the molecule is CC(=O)O[C@@H](C[C@H](Cc1ccccc1)N(C=O)OCc1ccccc1)[C@H](Cc1ccccc1)N(C=O)OCc1ccccc1. The molecule has 228 valence electrons. The lowest BCUT2D eigenvalue weighted by Gasteiger charge is -2.37. The first-order chi connectivity index (χ1) is 21.6. The summed E-state index contributed by atoms with van der Waals surface area (Å²) in [6, 6.07) is 37.1. The van der Waals surface area contributed by atoms with Crippen LogP contribution in [0.25, 0.3) is 0 Å². The van der Waals surface area contributed by atoms with Gasteiger partial charge in [0.2, 0.25) is 12.8 Å². The molecule has 0 aliphatic rings. The summed E-state index contributed by atoms with van der Waals surface area (Å²) in [4.78, 5) is 49.6. The van der Waals surface area contributed by atoms with E-state index in [2.05, 4.69) is 0 Å². The van der Waals surface area contributed by atoms with Gasteiger partial charge in [0.15, 0.2) is 0 Å². The Morgan fingerprint density at radius 1 is 0.614 bits per heavy atom. The van der Waals surface area contributed by atoms with Crippen LogP contribution >= 0.6 is 0 Å². The number of carbonyl (C=O) groups is 3. The van der Waals surface area contributed by atoms with Crippen LogP contribution in [0, 0.1) is 0 Å². The highest BCUT2D eigenvalue weighted by Crippen LogP contribution is 2.24. The minimum Gasteiger partial charge on any atom is -0.460 e. The minimum atomic E-state index is -0.842. The molecule has 0 fully saturated rings. The molecule has 0 radical (unpaired) electrons. The van der Waals surface area contributed by atoms with Crippen LogP contribution in [0.5, 0.6) is 0 Å². The predicted octanol–water partition coefficient (Wildman–Crippen LogP) is 5.71. The van der Waals surface area contributed by atoms with Gasteiger partial charge in [-0.25, -0.2) is 10.1 Å². The summed E-state index contributed by atoms with van der Waals surface area (Å²) in [6.07, 6.45) is 1.37. The van der Waals surface area contributed by atoms with Gasteiger partial charge in [0, 0.05) is 13.3 Å². The van der Waals surface area contributed by atoms with Gasteiger partial charge in [0.25, 0.3) is 0 Å². The van der Waals surface area contributed by atoms with Crippen LogP contribution in [0.15, 0.2) is 121 Å². The Labute approximate surface area is 258 Å². The number of hydrogen-bond donors (Lipinski definition) is 0. The van der Waals surface area contributed by atoms with Gasteiger partial charge in [0.05, 0.1) is 6.04 Å². The molecule has 4 aromatic rings. The monoisotopic (exact) mass is 594 g/mol. The minimum absolute atomic E-state index is 0.145. The van der Waals surface area contributed by atoms with E-state index in [9.17, 15) is 14.4 Å². The summed E-state index contributed by atoms with van der Waals surface area (Å²) in [5.74, 6) is -0.511. The Balaban J connectivity index is 1.65. The fraction of sp³-hybridized carbons (Fsp3) is 0.250. The van der Waals surface area contributed by atoms with E-state index < -0.39 is 24.2 Å². The molecule has 8 heteroatoms. The maximum atomic E-state index is 12.5. The summed E-state index contributed by atoms with van der Waals surface area (Å²) >= 11 is 0. The molecule has 0 bridgehead atoms. The topological polar surface area (TPSA) is 85.4 Å². The molecular weight excluding hydrogens is 556 g/mol. The Morgan fingerprint density at radius 2 is 1.02 bits per heavy atom. The van der Waals surface area contributed by atoms with Crippen LogP contribution in [0.1, 0.15) is 35.6 Å². The standard InChI is InChI=1S/C36H38N2O6/c1-29(41)44-36(35(23-31-16-8-3-9-17-31)38(28-40)43-26-33-20-12-5-13-21-33)24-34(22-30-14-6-2-7-15-30)37(27-39)42-25-32-18-10-4-11-19-32/h2-21,27-28,34-36H,22-26H2,1H3/t34-,35-,36-/m0/s1. The maximum Gasteiger partial charge on any atom is 0.302 e. The Bertz CT molecular complexity index is 1410. The Hall–Kier alpha value is -4.79. The summed E-state index contributed by atoms with van der Waals surface area (Å²) in [5, 5.41) is 2.51. The number of carbonyl (C=O) groups excluding carboxylic acids is 3. The number of amides is 2. The highest BCUT2D eigenvalue weighted by Gasteiger charge is 2.35. The first-order valence-electron chi connectivity index (χ1n) is 14.6. The molecule has 4 aromatic carbocycles. The van der Waals surface area contributed by atoms with E-state index >= 15 is 0 Å². The molecule has 0 saturated heterocycles. The van der Waals surface area contributed by atoms with Crippen molar-refractivity contribution in [2.75, 3.05) is 0 Å². The van der Waals surface area contributed by atoms with Crippen molar-refractivity contribution in [1.29, 1.82) is 0 Å². The molecule has 0 unspecified atom stereocenters. The normalized spacial score (nSPS) is 12.8. The molecule has 4 rings (SSSR count). The molecule has 0 spiro atoms. The zero-order valence-corrected chi connectivity index (χ0v) is 24.8.